The van der Waals surface area contributed by atoms with E-state index in [1.165, 1.54) is 12.8 Å². The van der Waals surface area contributed by atoms with Gasteiger partial charge in [-0.15, -0.1) is 0 Å². The van der Waals surface area contributed by atoms with Crippen LogP contribution in [0.15, 0.2) is 57.9 Å². The summed E-state index contributed by atoms with van der Waals surface area (Å²) in [4.78, 5) is 12.7. The van der Waals surface area contributed by atoms with Gasteiger partial charge in [0, 0.05) is 17.6 Å². The fourth-order valence-corrected chi connectivity index (χ4v) is 5.38. The maximum atomic E-state index is 13.3. The number of sulfonamides is 1. The Kier molecular flexibility index (Phi) is 8.51. The highest BCUT2D eigenvalue weighted by atomic mass is 79.9. The quantitative estimate of drug-likeness (QED) is 0.482. The smallest absolute Gasteiger partial charge is 0.264 e. The van der Waals surface area contributed by atoms with Crippen LogP contribution in [0.5, 0.6) is 0 Å². The molecule has 8 heteroatoms. The maximum Gasteiger partial charge on any atom is 0.264 e. The first-order chi connectivity index (χ1) is 14.9. The molecule has 168 valence electrons. The normalized spacial score (nSPS) is 14.5. The summed E-state index contributed by atoms with van der Waals surface area (Å²) in [5, 5.41) is 2.82. The second kappa shape index (κ2) is 11.1. The molecule has 1 amide bonds. The van der Waals surface area contributed by atoms with Gasteiger partial charge in [0.05, 0.1) is 16.7 Å². The first-order valence-corrected chi connectivity index (χ1v) is 12.8. The number of nitrogens with zero attached hydrogens (tertiary/aromatic N) is 1. The van der Waals surface area contributed by atoms with Gasteiger partial charge in [-0.05, 0) is 56.5 Å². The second-order valence-electron chi connectivity index (χ2n) is 7.79. The number of benzene rings is 2. The number of rotatable bonds is 10. The number of nitrogens with one attached hydrogen (secondary N) is 1. The lowest BCUT2D eigenvalue weighted by Crippen LogP contribution is -2.41. The van der Waals surface area contributed by atoms with Crippen LogP contribution in [0.2, 0.25) is 0 Å². The van der Waals surface area contributed by atoms with Crippen molar-refractivity contribution in [1.82, 2.24) is 5.32 Å². The lowest BCUT2D eigenvalue weighted by molar-refractivity contribution is -0.119. The van der Waals surface area contributed by atoms with E-state index in [2.05, 4.69) is 21.2 Å². The van der Waals surface area contributed by atoms with Crippen LogP contribution in [-0.4, -0.2) is 40.1 Å². The Balaban J connectivity index is 1.65. The second-order valence-corrected chi connectivity index (χ2v) is 10.6. The first kappa shape index (κ1) is 23.8. The Morgan fingerprint density at radius 1 is 1.16 bits per heavy atom. The molecule has 31 heavy (non-hydrogen) atoms. The number of amides is 1. The summed E-state index contributed by atoms with van der Waals surface area (Å²) >= 11 is 3.38. The van der Waals surface area contributed by atoms with Gasteiger partial charge >= 0.3 is 0 Å². The molecule has 0 heterocycles. The van der Waals surface area contributed by atoms with E-state index in [1.807, 2.05) is 13.0 Å². The highest BCUT2D eigenvalue weighted by molar-refractivity contribution is 9.10. The maximum absolute atomic E-state index is 13.3. The molecule has 1 fully saturated rings. The van der Waals surface area contributed by atoms with Crippen LogP contribution < -0.4 is 9.62 Å². The molecule has 6 nitrogen and oxygen atoms in total. The number of carbonyl (C=O) groups excluding carboxylic acids is 1. The molecule has 2 aromatic carbocycles. The average Bonchev–Trinajstić information content (AvgIpc) is 3.25. The van der Waals surface area contributed by atoms with Crippen molar-refractivity contribution < 1.29 is 17.9 Å². The van der Waals surface area contributed by atoms with Crippen molar-refractivity contribution in [2.24, 2.45) is 0 Å². The molecule has 2 aromatic rings. The fraction of sp³-hybridized carbons (Fsp3) is 0.435. The molecule has 0 aliphatic heterocycles. The van der Waals surface area contributed by atoms with Gasteiger partial charge in [0.15, 0.2) is 0 Å². The molecule has 0 radical (unpaired) electrons. The van der Waals surface area contributed by atoms with Gasteiger partial charge in [0.25, 0.3) is 10.0 Å². The van der Waals surface area contributed by atoms with Gasteiger partial charge in [0.2, 0.25) is 5.91 Å². The van der Waals surface area contributed by atoms with Crippen molar-refractivity contribution in [1.29, 1.82) is 0 Å². The number of ether oxygens (including phenoxy) is 1. The van der Waals surface area contributed by atoms with Crippen molar-refractivity contribution >= 4 is 37.5 Å². The summed E-state index contributed by atoms with van der Waals surface area (Å²) in [6.45, 7) is 2.65. The zero-order valence-electron chi connectivity index (χ0n) is 17.7. The first-order valence-electron chi connectivity index (χ1n) is 10.6. The predicted octanol–water partition coefficient (Wildman–Crippen LogP) is 4.42. The number of halogens is 1. The lowest BCUT2D eigenvalue weighted by Gasteiger charge is -2.24. The summed E-state index contributed by atoms with van der Waals surface area (Å²) in [6, 6.07) is 13.5. The number of hydrogen-bond acceptors (Lipinski definition) is 4. The zero-order chi connectivity index (χ0) is 22.3. The van der Waals surface area contributed by atoms with E-state index in [-0.39, 0.29) is 17.3 Å². The molecular weight excluding hydrogens is 480 g/mol. The molecule has 3 rings (SSSR count). The van der Waals surface area contributed by atoms with E-state index < -0.39 is 10.0 Å². The third-order valence-corrected chi connectivity index (χ3v) is 7.57. The zero-order valence-corrected chi connectivity index (χ0v) is 20.1. The Bertz CT molecular complexity index is 973. The van der Waals surface area contributed by atoms with Gasteiger partial charge in [0.1, 0.15) is 6.54 Å². The Morgan fingerprint density at radius 3 is 2.55 bits per heavy atom. The third-order valence-electron chi connectivity index (χ3n) is 5.29. The topological polar surface area (TPSA) is 75.7 Å². The van der Waals surface area contributed by atoms with Crippen molar-refractivity contribution in [3.63, 3.8) is 0 Å². The summed E-state index contributed by atoms with van der Waals surface area (Å²) in [6.07, 6.45) is 5.73. The summed E-state index contributed by atoms with van der Waals surface area (Å²) in [5.41, 5.74) is 1.39. The Morgan fingerprint density at radius 2 is 1.87 bits per heavy atom. The van der Waals surface area contributed by atoms with E-state index in [1.54, 1.807) is 42.5 Å². The number of aryl methyl sites for hydroxylation is 1. The van der Waals surface area contributed by atoms with Crippen LogP contribution in [0.25, 0.3) is 0 Å². The minimum atomic E-state index is -3.90. The molecular formula is C23H29BrN2O4S. The van der Waals surface area contributed by atoms with Crippen LogP contribution in [0, 0.1) is 6.92 Å². The van der Waals surface area contributed by atoms with Crippen molar-refractivity contribution in [2.75, 3.05) is 24.0 Å². The van der Waals surface area contributed by atoms with Crippen molar-refractivity contribution in [2.45, 2.75) is 50.0 Å². The molecule has 1 aliphatic rings. The minimum Gasteiger partial charge on any atom is -0.378 e. The molecule has 1 saturated carbocycles. The molecule has 0 aromatic heterocycles. The SMILES string of the molecule is Cc1ccc(S(=O)(=O)N(CC(=O)NCCCOC2CCCC2)c2cccc(Br)c2)cc1. The van der Waals surface area contributed by atoms with Gasteiger partial charge in [-0.2, -0.15) is 0 Å². The van der Waals surface area contributed by atoms with E-state index >= 15 is 0 Å². The number of hydrogen-bond donors (Lipinski definition) is 1. The third kappa shape index (κ3) is 6.79. The molecule has 0 spiro atoms. The summed E-state index contributed by atoms with van der Waals surface area (Å²) < 4.78 is 34.3. The Labute approximate surface area is 193 Å². The molecule has 1 N–H and O–H groups in total. The van der Waals surface area contributed by atoms with Crippen molar-refractivity contribution in [3.05, 3.63) is 58.6 Å². The van der Waals surface area contributed by atoms with Gasteiger partial charge in [-0.3, -0.25) is 9.10 Å². The lowest BCUT2D eigenvalue weighted by atomic mass is 10.2. The fourth-order valence-electron chi connectivity index (χ4n) is 3.58. The Hall–Kier alpha value is -1.90. The number of carbonyl (C=O) groups is 1. The van der Waals surface area contributed by atoms with Gasteiger partial charge < -0.3 is 10.1 Å². The van der Waals surface area contributed by atoms with Crippen LogP contribution >= 0.6 is 15.9 Å². The number of anilines is 1. The van der Waals surface area contributed by atoms with Crippen LogP contribution in [-0.2, 0) is 19.6 Å². The van der Waals surface area contributed by atoms with Crippen LogP contribution in [0.3, 0.4) is 0 Å². The van der Waals surface area contributed by atoms with E-state index in [0.717, 1.165) is 27.2 Å². The van der Waals surface area contributed by atoms with Crippen LogP contribution in [0.1, 0.15) is 37.7 Å². The summed E-state index contributed by atoms with van der Waals surface area (Å²) in [7, 11) is -3.90. The van der Waals surface area contributed by atoms with Crippen LogP contribution in [0.4, 0.5) is 5.69 Å². The molecule has 1 aliphatic carbocycles. The molecule has 0 atom stereocenters. The minimum absolute atomic E-state index is 0.149. The standard InChI is InChI=1S/C23H29BrN2O4S/c1-18-10-12-22(13-11-18)31(28,29)26(20-7-4-6-19(24)16-20)17-23(27)25-14-5-15-30-21-8-2-3-9-21/h4,6-7,10-13,16,21H,2-3,5,8-9,14-15,17H2,1H3,(H,25,27). The molecule has 0 bridgehead atoms. The van der Waals surface area contributed by atoms with E-state index in [0.29, 0.717) is 31.4 Å². The average molecular weight is 509 g/mol. The molecule has 0 saturated heterocycles. The van der Waals surface area contributed by atoms with Gasteiger partial charge in [-0.1, -0.05) is 52.5 Å². The van der Waals surface area contributed by atoms with Crippen molar-refractivity contribution in [3.8, 4) is 0 Å². The highest BCUT2D eigenvalue weighted by Crippen LogP contribution is 2.26. The predicted molar refractivity (Wildman–Crippen MR) is 126 cm³/mol. The van der Waals surface area contributed by atoms with E-state index in [4.69, 9.17) is 4.74 Å². The monoisotopic (exact) mass is 508 g/mol. The molecule has 0 unspecified atom stereocenters. The van der Waals surface area contributed by atoms with E-state index in [9.17, 15) is 13.2 Å². The summed E-state index contributed by atoms with van der Waals surface area (Å²) in [5.74, 6) is -0.350. The largest absolute Gasteiger partial charge is 0.378 e. The highest BCUT2D eigenvalue weighted by Gasteiger charge is 2.27. The van der Waals surface area contributed by atoms with Gasteiger partial charge in [-0.25, -0.2) is 8.42 Å².